The molecule has 0 aromatic heterocycles. The van der Waals surface area contributed by atoms with E-state index in [1.165, 1.54) is 10.5 Å². The van der Waals surface area contributed by atoms with Crippen molar-refractivity contribution < 1.29 is 18.0 Å². The van der Waals surface area contributed by atoms with E-state index >= 15 is 0 Å². The van der Waals surface area contributed by atoms with Crippen LogP contribution < -0.4 is 5.32 Å². The van der Waals surface area contributed by atoms with Gasteiger partial charge < -0.3 is 10.2 Å². The van der Waals surface area contributed by atoms with E-state index in [-0.39, 0.29) is 25.5 Å². The van der Waals surface area contributed by atoms with Crippen LogP contribution in [-0.2, 0) is 39.1 Å². The van der Waals surface area contributed by atoms with Crippen molar-refractivity contribution in [2.45, 2.75) is 45.8 Å². The molecule has 0 aliphatic carbocycles. The lowest BCUT2D eigenvalue weighted by molar-refractivity contribution is -0.153. The number of rotatable bonds is 7. The molecule has 2 amide bonds. The molecule has 1 aliphatic rings. The Balaban J connectivity index is 1.86. The van der Waals surface area contributed by atoms with Gasteiger partial charge in [0.15, 0.2) is 0 Å². The summed E-state index contributed by atoms with van der Waals surface area (Å²) in [5.41, 5.74) is 2.78. The quantitative estimate of drug-likeness (QED) is 0.691. The molecule has 3 rings (SSSR count). The predicted molar refractivity (Wildman–Crippen MR) is 124 cm³/mol. The minimum absolute atomic E-state index is 0.0929. The number of benzene rings is 2. The minimum Gasteiger partial charge on any atom is -0.350 e. The molecule has 0 spiro atoms. The Kier molecular flexibility index (Phi) is 7.05. The van der Waals surface area contributed by atoms with E-state index in [0.717, 1.165) is 33.7 Å². The first-order valence-electron chi connectivity index (χ1n) is 10.7. The summed E-state index contributed by atoms with van der Waals surface area (Å²) in [6, 6.07) is 15.7. The fourth-order valence-electron chi connectivity index (χ4n) is 3.83. The van der Waals surface area contributed by atoms with E-state index in [0.29, 0.717) is 6.54 Å². The van der Waals surface area contributed by atoms with Gasteiger partial charge in [-0.05, 0) is 37.0 Å². The zero-order valence-electron chi connectivity index (χ0n) is 19.1. The van der Waals surface area contributed by atoms with Gasteiger partial charge in [0.1, 0.15) is 5.54 Å². The standard InChI is InChI=1S/C24H31N3O4S/c1-5-19-10-12-21(13-11-19)15-27-22(28)16-26(32(4,30)31)17-24(27,3)23(29)25-14-20-8-6-18(2)7-9-20/h6-13H,5,14-17H2,1-4H3,(H,25,29). The zero-order chi connectivity index (χ0) is 23.5. The maximum absolute atomic E-state index is 13.4. The normalized spacial score (nSPS) is 19.8. The second-order valence-electron chi connectivity index (χ2n) is 8.62. The first kappa shape index (κ1) is 23.9. The van der Waals surface area contributed by atoms with Gasteiger partial charge >= 0.3 is 0 Å². The Morgan fingerprint density at radius 3 is 2.16 bits per heavy atom. The number of carbonyl (C=O) groups is 2. The van der Waals surface area contributed by atoms with E-state index in [2.05, 4.69) is 12.2 Å². The van der Waals surface area contributed by atoms with Crippen molar-refractivity contribution in [2.75, 3.05) is 19.3 Å². The first-order chi connectivity index (χ1) is 15.0. The van der Waals surface area contributed by atoms with Gasteiger partial charge in [0, 0.05) is 19.6 Å². The highest BCUT2D eigenvalue weighted by Crippen LogP contribution is 2.27. The average Bonchev–Trinajstić information content (AvgIpc) is 2.75. The Bertz CT molecular complexity index is 1080. The van der Waals surface area contributed by atoms with Crippen molar-refractivity contribution in [3.8, 4) is 0 Å². The molecular weight excluding hydrogens is 426 g/mol. The number of amides is 2. The van der Waals surface area contributed by atoms with Gasteiger partial charge in [-0.3, -0.25) is 9.59 Å². The van der Waals surface area contributed by atoms with Crippen LogP contribution in [0.4, 0.5) is 0 Å². The molecule has 32 heavy (non-hydrogen) atoms. The smallest absolute Gasteiger partial charge is 0.247 e. The minimum atomic E-state index is -3.63. The summed E-state index contributed by atoms with van der Waals surface area (Å²) in [5.74, 6) is -0.779. The molecule has 2 aromatic rings. The van der Waals surface area contributed by atoms with Crippen molar-refractivity contribution in [1.82, 2.24) is 14.5 Å². The fourth-order valence-corrected chi connectivity index (χ4v) is 4.66. The van der Waals surface area contributed by atoms with Gasteiger partial charge in [0.2, 0.25) is 21.8 Å². The summed E-state index contributed by atoms with van der Waals surface area (Å²) < 4.78 is 25.5. The summed E-state index contributed by atoms with van der Waals surface area (Å²) in [6.45, 7) is 5.85. The summed E-state index contributed by atoms with van der Waals surface area (Å²) >= 11 is 0. The molecule has 1 heterocycles. The van der Waals surface area contributed by atoms with Crippen LogP contribution in [0.25, 0.3) is 0 Å². The molecule has 1 unspecified atom stereocenters. The highest BCUT2D eigenvalue weighted by molar-refractivity contribution is 7.88. The molecule has 2 aromatic carbocycles. The van der Waals surface area contributed by atoms with Crippen LogP contribution in [0.3, 0.4) is 0 Å². The van der Waals surface area contributed by atoms with Crippen molar-refractivity contribution in [3.05, 3.63) is 70.8 Å². The van der Waals surface area contributed by atoms with Crippen LogP contribution in [0.5, 0.6) is 0 Å². The second-order valence-corrected chi connectivity index (χ2v) is 10.6. The highest BCUT2D eigenvalue weighted by Gasteiger charge is 2.49. The largest absolute Gasteiger partial charge is 0.350 e. The third-order valence-corrected chi connectivity index (χ3v) is 7.19. The molecule has 0 radical (unpaired) electrons. The molecule has 1 N–H and O–H groups in total. The molecule has 1 atom stereocenters. The van der Waals surface area contributed by atoms with Crippen LogP contribution in [0.15, 0.2) is 48.5 Å². The molecule has 0 saturated carbocycles. The molecule has 1 fully saturated rings. The number of hydrogen-bond donors (Lipinski definition) is 1. The maximum Gasteiger partial charge on any atom is 0.247 e. The molecule has 1 aliphatic heterocycles. The van der Waals surface area contributed by atoms with E-state index in [1.54, 1.807) is 6.92 Å². The van der Waals surface area contributed by atoms with Gasteiger partial charge in [-0.1, -0.05) is 61.0 Å². The third kappa shape index (κ3) is 5.37. The number of nitrogens with one attached hydrogen (secondary N) is 1. The second kappa shape index (κ2) is 9.42. The Hall–Kier alpha value is -2.71. The van der Waals surface area contributed by atoms with Crippen LogP contribution in [0.1, 0.15) is 36.1 Å². The third-order valence-electron chi connectivity index (χ3n) is 6.00. The van der Waals surface area contributed by atoms with Crippen molar-refractivity contribution in [1.29, 1.82) is 0 Å². The first-order valence-corrected chi connectivity index (χ1v) is 12.5. The van der Waals surface area contributed by atoms with Crippen molar-refractivity contribution in [2.24, 2.45) is 0 Å². The van der Waals surface area contributed by atoms with Gasteiger partial charge in [-0.25, -0.2) is 8.42 Å². The molecule has 172 valence electrons. The summed E-state index contributed by atoms with van der Waals surface area (Å²) in [7, 11) is -3.63. The Labute approximate surface area is 190 Å². The summed E-state index contributed by atoms with van der Waals surface area (Å²) in [5, 5.41) is 2.90. The van der Waals surface area contributed by atoms with Gasteiger partial charge in [-0.2, -0.15) is 4.31 Å². The van der Waals surface area contributed by atoms with E-state index in [4.69, 9.17) is 0 Å². The zero-order valence-corrected chi connectivity index (χ0v) is 19.9. The van der Waals surface area contributed by atoms with Crippen molar-refractivity contribution in [3.63, 3.8) is 0 Å². The van der Waals surface area contributed by atoms with Gasteiger partial charge in [-0.15, -0.1) is 0 Å². The van der Waals surface area contributed by atoms with Gasteiger partial charge in [0.25, 0.3) is 0 Å². The number of aryl methyl sites for hydroxylation is 2. The average molecular weight is 458 g/mol. The number of carbonyl (C=O) groups excluding carboxylic acids is 2. The molecule has 1 saturated heterocycles. The SMILES string of the molecule is CCc1ccc(CN2C(=O)CN(S(C)(=O)=O)CC2(C)C(=O)NCc2ccc(C)cc2)cc1. The van der Waals surface area contributed by atoms with E-state index in [1.807, 2.05) is 55.5 Å². The topological polar surface area (TPSA) is 86.8 Å². The van der Waals surface area contributed by atoms with Crippen LogP contribution in [-0.4, -0.2) is 54.3 Å². The van der Waals surface area contributed by atoms with Crippen LogP contribution in [0.2, 0.25) is 0 Å². The van der Waals surface area contributed by atoms with Crippen LogP contribution >= 0.6 is 0 Å². The fraction of sp³-hybridized carbons (Fsp3) is 0.417. The Morgan fingerprint density at radius 1 is 1.03 bits per heavy atom. The molecule has 8 heteroatoms. The lowest BCUT2D eigenvalue weighted by atomic mass is 9.94. The monoisotopic (exact) mass is 457 g/mol. The highest BCUT2D eigenvalue weighted by atomic mass is 32.2. The summed E-state index contributed by atoms with van der Waals surface area (Å²) in [4.78, 5) is 27.9. The lowest BCUT2D eigenvalue weighted by Gasteiger charge is -2.46. The Morgan fingerprint density at radius 2 is 1.59 bits per heavy atom. The predicted octanol–water partition coefficient (Wildman–Crippen LogP) is 2.24. The molecule has 7 nitrogen and oxygen atoms in total. The molecular formula is C24H31N3O4S. The maximum atomic E-state index is 13.4. The van der Waals surface area contributed by atoms with E-state index < -0.39 is 21.5 Å². The van der Waals surface area contributed by atoms with Crippen molar-refractivity contribution >= 4 is 21.8 Å². The van der Waals surface area contributed by atoms with E-state index in [9.17, 15) is 18.0 Å². The van der Waals surface area contributed by atoms with Crippen LogP contribution in [0, 0.1) is 6.92 Å². The lowest BCUT2D eigenvalue weighted by Crippen LogP contribution is -2.69. The number of piperazine rings is 1. The number of nitrogens with zero attached hydrogens (tertiary/aromatic N) is 2. The van der Waals surface area contributed by atoms with Gasteiger partial charge in [0.05, 0.1) is 12.8 Å². The number of sulfonamides is 1. The number of hydrogen-bond acceptors (Lipinski definition) is 4. The molecule has 0 bridgehead atoms. The summed E-state index contributed by atoms with van der Waals surface area (Å²) in [6.07, 6.45) is 1.97.